The second kappa shape index (κ2) is 8.12. The molecule has 1 saturated heterocycles. The zero-order valence-electron chi connectivity index (χ0n) is 12.9. The Bertz CT molecular complexity index is 323. The molecule has 1 aliphatic heterocycles. The standard InChI is InChI=1S/C15H28N2O3/c1-4-12-5-7-17(8-6-12)15(20)16-10-13(14(18)19)9-11(2)3/h11-13H,4-10H2,1-3H3,(H,16,20)(H,18,19). The maximum Gasteiger partial charge on any atom is 0.317 e. The molecule has 1 rings (SSSR count). The van der Waals surface area contributed by atoms with Gasteiger partial charge in [0, 0.05) is 19.6 Å². The van der Waals surface area contributed by atoms with Crippen molar-refractivity contribution in [1.82, 2.24) is 10.2 Å². The van der Waals surface area contributed by atoms with E-state index >= 15 is 0 Å². The molecule has 0 aromatic rings. The fraction of sp³-hybridized carbons (Fsp3) is 0.867. The highest BCUT2D eigenvalue weighted by Crippen LogP contribution is 2.20. The Labute approximate surface area is 121 Å². The Morgan fingerprint density at radius 1 is 1.30 bits per heavy atom. The van der Waals surface area contributed by atoms with E-state index in [2.05, 4.69) is 12.2 Å². The van der Waals surface area contributed by atoms with Crippen molar-refractivity contribution in [3.63, 3.8) is 0 Å². The number of likely N-dealkylation sites (tertiary alicyclic amines) is 1. The molecule has 1 aliphatic rings. The summed E-state index contributed by atoms with van der Waals surface area (Å²) in [4.78, 5) is 25.0. The summed E-state index contributed by atoms with van der Waals surface area (Å²) in [5.74, 6) is -0.282. The zero-order valence-corrected chi connectivity index (χ0v) is 12.9. The normalized spacial score (nSPS) is 18.1. The average molecular weight is 284 g/mol. The van der Waals surface area contributed by atoms with Gasteiger partial charge in [-0.2, -0.15) is 0 Å². The van der Waals surface area contributed by atoms with Gasteiger partial charge in [-0.3, -0.25) is 4.79 Å². The van der Waals surface area contributed by atoms with Gasteiger partial charge in [-0.15, -0.1) is 0 Å². The number of nitrogens with one attached hydrogen (secondary N) is 1. The molecular weight excluding hydrogens is 256 g/mol. The number of amides is 2. The Morgan fingerprint density at radius 2 is 1.90 bits per heavy atom. The van der Waals surface area contributed by atoms with Gasteiger partial charge in [0.1, 0.15) is 0 Å². The van der Waals surface area contributed by atoms with Crippen LogP contribution in [0.15, 0.2) is 0 Å². The number of carboxylic acid groups (broad SMARTS) is 1. The molecule has 0 aromatic carbocycles. The lowest BCUT2D eigenvalue weighted by Crippen LogP contribution is -2.46. The fourth-order valence-corrected chi connectivity index (χ4v) is 2.71. The highest BCUT2D eigenvalue weighted by atomic mass is 16.4. The largest absolute Gasteiger partial charge is 0.481 e. The number of nitrogens with zero attached hydrogens (tertiary/aromatic N) is 1. The first-order chi connectivity index (χ1) is 9.43. The van der Waals surface area contributed by atoms with E-state index in [0.717, 1.165) is 31.8 Å². The van der Waals surface area contributed by atoms with E-state index in [-0.39, 0.29) is 12.6 Å². The summed E-state index contributed by atoms with van der Waals surface area (Å²) in [6, 6.07) is -0.116. The lowest BCUT2D eigenvalue weighted by atomic mass is 9.94. The minimum absolute atomic E-state index is 0.116. The molecule has 0 aromatic heterocycles. The molecule has 0 spiro atoms. The third kappa shape index (κ3) is 5.39. The fourth-order valence-electron chi connectivity index (χ4n) is 2.71. The summed E-state index contributed by atoms with van der Waals surface area (Å²) in [6.45, 7) is 7.96. The lowest BCUT2D eigenvalue weighted by Gasteiger charge is -2.31. The smallest absolute Gasteiger partial charge is 0.317 e. The first-order valence-electron chi connectivity index (χ1n) is 7.69. The molecular formula is C15H28N2O3. The molecule has 2 N–H and O–H groups in total. The quantitative estimate of drug-likeness (QED) is 0.787. The van der Waals surface area contributed by atoms with Crippen LogP contribution in [-0.4, -0.2) is 41.6 Å². The van der Waals surface area contributed by atoms with Gasteiger partial charge < -0.3 is 15.3 Å². The third-order valence-corrected chi connectivity index (χ3v) is 4.08. The summed E-state index contributed by atoms with van der Waals surface area (Å²) in [6.07, 6.45) is 3.87. The van der Waals surface area contributed by atoms with Gasteiger partial charge in [0.25, 0.3) is 0 Å². The molecule has 0 aliphatic carbocycles. The molecule has 1 fully saturated rings. The van der Waals surface area contributed by atoms with Crippen molar-refractivity contribution in [2.24, 2.45) is 17.8 Å². The maximum atomic E-state index is 12.0. The molecule has 0 radical (unpaired) electrons. The van der Waals surface area contributed by atoms with E-state index in [9.17, 15) is 9.59 Å². The van der Waals surface area contributed by atoms with Gasteiger partial charge in [0.15, 0.2) is 0 Å². The van der Waals surface area contributed by atoms with Crippen molar-refractivity contribution in [1.29, 1.82) is 0 Å². The second-order valence-corrected chi connectivity index (χ2v) is 6.19. The van der Waals surface area contributed by atoms with Crippen LogP contribution in [0.25, 0.3) is 0 Å². The van der Waals surface area contributed by atoms with Gasteiger partial charge in [0.05, 0.1) is 5.92 Å². The predicted octanol–water partition coefficient (Wildman–Crippen LogP) is 2.56. The van der Waals surface area contributed by atoms with Gasteiger partial charge in [-0.05, 0) is 31.1 Å². The minimum atomic E-state index is -0.830. The van der Waals surface area contributed by atoms with Crippen molar-refractivity contribution in [3.05, 3.63) is 0 Å². The summed E-state index contributed by atoms with van der Waals surface area (Å²) in [5, 5.41) is 11.9. The van der Waals surface area contributed by atoms with Crippen LogP contribution in [0.5, 0.6) is 0 Å². The van der Waals surface area contributed by atoms with Crippen molar-refractivity contribution < 1.29 is 14.7 Å². The summed E-state index contributed by atoms with van der Waals surface area (Å²) in [5.41, 5.74) is 0. The number of carboxylic acids is 1. The first-order valence-corrected chi connectivity index (χ1v) is 7.69. The van der Waals surface area contributed by atoms with E-state index in [0.29, 0.717) is 12.3 Å². The Morgan fingerprint density at radius 3 is 2.35 bits per heavy atom. The SMILES string of the molecule is CCC1CCN(C(=O)NCC(CC(C)C)C(=O)O)CC1. The van der Waals surface area contributed by atoms with Crippen molar-refractivity contribution in [2.75, 3.05) is 19.6 Å². The summed E-state index contributed by atoms with van der Waals surface area (Å²) >= 11 is 0. The van der Waals surface area contributed by atoms with Crippen LogP contribution in [0.1, 0.15) is 46.5 Å². The topological polar surface area (TPSA) is 69.6 Å². The third-order valence-electron chi connectivity index (χ3n) is 4.08. The lowest BCUT2D eigenvalue weighted by molar-refractivity contribution is -0.142. The van der Waals surface area contributed by atoms with E-state index in [1.54, 1.807) is 4.90 Å². The average Bonchev–Trinajstić information content (AvgIpc) is 2.42. The Kier molecular flexibility index (Phi) is 6.82. The molecule has 0 saturated carbocycles. The molecule has 1 heterocycles. The molecule has 20 heavy (non-hydrogen) atoms. The molecule has 0 bridgehead atoms. The Balaban J connectivity index is 2.36. The predicted molar refractivity (Wildman–Crippen MR) is 78.6 cm³/mol. The van der Waals surface area contributed by atoms with Crippen molar-refractivity contribution >= 4 is 12.0 Å². The van der Waals surface area contributed by atoms with Crippen LogP contribution in [0.4, 0.5) is 4.79 Å². The van der Waals surface area contributed by atoms with E-state index in [4.69, 9.17) is 5.11 Å². The van der Waals surface area contributed by atoms with Crippen LogP contribution in [0, 0.1) is 17.8 Å². The molecule has 1 atom stereocenters. The molecule has 1 unspecified atom stereocenters. The zero-order chi connectivity index (χ0) is 15.1. The van der Waals surface area contributed by atoms with Gasteiger partial charge in [-0.25, -0.2) is 4.79 Å². The molecule has 5 nitrogen and oxygen atoms in total. The second-order valence-electron chi connectivity index (χ2n) is 6.19. The number of piperidine rings is 1. The number of rotatable bonds is 6. The van der Waals surface area contributed by atoms with Crippen LogP contribution in [0.3, 0.4) is 0 Å². The summed E-state index contributed by atoms with van der Waals surface area (Å²) < 4.78 is 0. The minimum Gasteiger partial charge on any atom is -0.481 e. The van der Waals surface area contributed by atoms with Crippen molar-refractivity contribution in [3.8, 4) is 0 Å². The van der Waals surface area contributed by atoms with E-state index in [1.165, 1.54) is 6.42 Å². The van der Waals surface area contributed by atoms with Crippen LogP contribution < -0.4 is 5.32 Å². The molecule has 116 valence electrons. The summed E-state index contributed by atoms with van der Waals surface area (Å²) in [7, 11) is 0. The van der Waals surface area contributed by atoms with Crippen molar-refractivity contribution in [2.45, 2.75) is 46.5 Å². The Hall–Kier alpha value is -1.26. The van der Waals surface area contributed by atoms with E-state index < -0.39 is 11.9 Å². The van der Waals surface area contributed by atoms with Crippen LogP contribution in [-0.2, 0) is 4.79 Å². The monoisotopic (exact) mass is 284 g/mol. The first kappa shape index (κ1) is 16.8. The molecule has 2 amide bonds. The maximum absolute atomic E-state index is 12.0. The van der Waals surface area contributed by atoms with Crippen LogP contribution in [0.2, 0.25) is 0 Å². The van der Waals surface area contributed by atoms with Gasteiger partial charge in [-0.1, -0.05) is 27.2 Å². The van der Waals surface area contributed by atoms with Crippen LogP contribution >= 0.6 is 0 Å². The number of urea groups is 1. The number of hydrogen-bond acceptors (Lipinski definition) is 2. The number of carbonyl (C=O) groups is 2. The van der Waals surface area contributed by atoms with Gasteiger partial charge in [0.2, 0.25) is 0 Å². The number of carbonyl (C=O) groups excluding carboxylic acids is 1. The number of aliphatic carboxylic acids is 1. The highest BCUT2D eigenvalue weighted by Gasteiger charge is 2.24. The highest BCUT2D eigenvalue weighted by molar-refractivity contribution is 5.76. The van der Waals surface area contributed by atoms with Gasteiger partial charge >= 0.3 is 12.0 Å². The molecule has 5 heteroatoms. The van der Waals surface area contributed by atoms with E-state index in [1.807, 2.05) is 13.8 Å². The number of hydrogen-bond donors (Lipinski definition) is 2.